The molecule has 1 N–H and O–H groups in total. The van der Waals surface area contributed by atoms with Crippen LogP contribution in [0.2, 0.25) is 0 Å². The van der Waals surface area contributed by atoms with Gasteiger partial charge in [-0.2, -0.15) is 0 Å². The van der Waals surface area contributed by atoms with Gasteiger partial charge in [-0.05, 0) is 24.0 Å². The lowest BCUT2D eigenvalue weighted by molar-refractivity contribution is 0.00453. The summed E-state index contributed by atoms with van der Waals surface area (Å²) in [5.74, 6) is 0. The molecule has 0 radical (unpaired) electrons. The lowest BCUT2D eigenvalue weighted by atomic mass is 10.0. The Morgan fingerprint density at radius 1 is 0.773 bits per heavy atom. The first-order chi connectivity index (χ1) is 10.7. The molecule has 2 aromatic rings. The minimum atomic E-state index is -0.496. The van der Waals surface area contributed by atoms with Crippen LogP contribution >= 0.6 is 0 Å². The second kappa shape index (κ2) is 7.08. The van der Waals surface area contributed by atoms with Gasteiger partial charge in [0.25, 0.3) is 0 Å². The summed E-state index contributed by atoms with van der Waals surface area (Å²) >= 11 is 0. The molecule has 1 saturated carbocycles. The number of rotatable bonds is 6. The Hall–Kier alpha value is -1.64. The third kappa shape index (κ3) is 4.19. The van der Waals surface area contributed by atoms with Gasteiger partial charge in [0.1, 0.15) is 0 Å². The van der Waals surface area contributed by atoms with Crippen LogP contribution in [0.4, 0.5) is 0 Å². The third-order valence-electron chi connectivity index (χ3n) is 4.55. The van der Waals surface area contributed by atoms with Crippen molar-refractivity contribution < 1.29 is 5.11 Å². The van der Waals surface area contributed by atoms with E-state index in [9.17, 15) is 5.11 Å². The molecule has 0 spiro atoms. The first-order valence-corrected chi connectivity index (χ1v) is 8.26. The van der Waals surface area contributed by atoms with Crippen LogP contribution in [0.15, 0.2) is 60.7 Å². The molecule has 116 valence electrons. The van der Waals surface area contributed by atoms with Gasteiger partial charge < -0.3 is 5.11 Å². The number of nitrogens with zero attached hydrogens (tertiary/aromatic N) is 1. The van der Waals surface area contributed by atoms with E-state index in [1.54, 1.807) is 0 Å². The number of aliphatic hydroxyl groups is 1. The summed E-state index contributed by atoms with van der Waals surface area (Å²) in [6, 6.07) is 21.1. The van der Waals surface area contributed by atoms with Crippen molar-refractivity contribution in [2.24, 2.45) is 0 Å². The van der Waals surface area contributed by atoms with Crippen molar-refractivity contribution in [3.63, 3.8) is 0 Å². The highest BCUT2D eigenvalue weighted by Crippen LogP contribution is 2.31. The Labute approximate surface area is 133 Å². The van der Waals surface area contributed by atoms with Crippen LogP contribution in [-0.4, -0.2) is 22.2 Å². The Balaban J connectivity index is 1.72. The van der Waals surface area contributed by atoms with Gasteiger partial charge in [0.15, 0.2) is 0 Å². The summed E-state index contributed by atoms with van der Waals surface area (Å²) in [6.45, 7) is 2.53. The zero-order valence-corrected chi connectivity index (χ0v) is 13.1. The average molecular weight is 295 g/mol. The van der Waals surface area contributed by atoms with Crippen LogP contribution < -0.4 is 0 Å². The molecule has 0 aromatic heterocycles. The van der Waals surface area contributed by atoms with Gasteiger partial charge in [-0.15, -0.1) is 0 Å². The van der Waals surface area contributed by atoms with Crippen LogP contribution in [0.1, 0.15) is 36.8 Å². The minimum Gasteiger partial charge on any atom is -0.389 e. The van der Waals surface area contributed by atoms with Gasteiger partial charge in [-0.25, -0.2) is 0 Å². The normalized spacial score (nSPS) is 17.0. The first kappa shape index (κ1) is 15.3. The summed E-state index contributed by atoms with van der Waals surface area (Å²) < 4.78 is 0. The minimum absolute atomic E-state index is 0.496. The predicted octanol–water partition coefficient (Wildman–Crippen LogP) is 3.99. The second-order valence-electron chi connectivity index (χ2n) is 6.55. The van der Waals surface area contributed by atoms with Crippen molar-refractivity contribution in [1.82, 2.24) is 4.90 Å². The standard InChI is InChI=1S/C20H25NO/c22-20(13-7-8-14-20)17-21(15-18-9-3-1-4-10-18)16-19-11-5-2-6-12-19/h1-6,9-12,22H,7-8,13-17H2. The molecule has 2 aromatic carbocycles. The molecule has 0 atom stereocenters. The molecule has 22 heavy (non-hydrogen) atoms. The van der Waals surface area contributed by atoms with E-state index in [1.807, 2.05) is 0 Å². The summed E-state index contributed by atoms with van der Waals surface area (Å²) in [5.41, 5.74) is 2.11. The van der Waals surface area contributed by atoms with E-state index in [0.717, 1.165) is 45.3 Å². The van der Waals surface area contributed by atoms with E-state index in [2.05, 4.69) is 65.6 Å². The fraction of sp³-hybridized carbons (Fsp3) is 0.400. The molecule has 1 fully saturated rings. The fourth-order valence-electron chi connectivity index (χ4n) is 3.46. The average Bonchev–Trinajstić information content (AvgIpc) is 2.95. The SMILES string of the molecule is OC1(CN(Cc2ccccc2)Cc2ccccc2)CCCC1. The molecule has 0 unspecified atom stereocenters. The highest BCUT2D eigenvalue weighted by atomic mass is 16.3. The quantitative estimate of drug-likeness (QED) is 0.871. The van der Waals surface area contributed by atoms with Crippen LogP contribution in [0, 0.1) is 0 Å². The molecule has 0 amide bonds. The number of hydrogen-bond donors (Lipinski definition) is 1. The van der Waals surface area contributed by atoms with Gasteiger partial charge >= 0.3 is 0 Å². The second-order valence-corrected chi connectivity index (χ2v) is 6.55. The van der Waals surface area contributed by atoms with Gasteiger partial charge in [-0.3, -0.25) is 4.90 Å². The monoisotopic (exact) mass is 295 g/mol. The van der Waals surface area contributed by atoms with Crippen molar-refractivity contribution in [3.05, 3.63) is 71.8 Å². The smallest absolute Gasteiger partial charge is 0.0774 e. The molecule has 1 aliphatic rings. The van der Waals surface area contributed by atoms with Crippen molar-refractivity contribution >= 4 is 0 Å². The summed E-state index contributed by atoms with van der Waals surface area (Å²) in [4.78, 5) is 2.38. The number of benzene rings is 2. The van der Waals surface area contributed by atoms with E-state index < -0.39 is 5.60 Å². The summed E-state index contributed by atoms with van der Waals surface area (Å²) in [6.07, 6.45) is 4.18. The lowest BCUT2D eigenvalue weighted by Gasteiger charge is -2.31. The molecular formula is C20H25NO. The van der Waals surface area contributed by atoms with Gasteiger partial charge in [0.05, 0.1) is 5.60 Å². The maximum Gasteiger partial charge on any atom is 0.0774 e. The maximum absolute atomic E-state index is 10.8. The molecular weight excluding hydrogens is 270 g/mol. The largest absolute Gasteiger partial charge is 0.389 e. The highest BCUT2D eigenvalue weighted by Gasteiger charge is 2.33. The van der Waals surface area contributed by atoms with Crippen LogP contribution in [-0.2, 0) is 13.1 Å². The maximum atomic E-state index is 10.8. The first-order valence-electron chi connectivity index (χ1n) is 8.26. The summed E-state index contributed by atoms with van der Waals surface area (Å²) in [5, 5.41) is 10.8. The fourth-order valence-corrected chi connectivity index (χ4v) is 3.46. The lowest BCUT2D eigenvalue weighted by Crippen LogP contribution is -2.40. The van der Waals surface area contributed by atoms with Crippen LogP contribution in [0.5, 0.6) is 0 Å². The van der Waals surface area contributed by atoms with E-state index in [4.69, 9.17) is 0 Å². The Morgan fingerprint density at radius 2 is 1.23 bits per heavy atom. The van der Waals surface area contributed by atoms with Crippen molar-refractivity contribution in [2.75, 3.05) is 6.54 Å². The Morgan fingerprint density at radius 3 is 1.68 bits per heavy atom. The molecule has 2 heteroatoms. The van der Waals surface area contributed by atoms with Gasteiger partial charge in [0.2, 0.25) is 0 Å². The molecule has 0 bridgehead atoms. The third-order valence-corrected chi connectivity index (χ3v) is 4.55. The van der Waals surface area contributed by atoms with Crippen molar-refractivity contribution in [2.45, 2.75) is 44.4 Å². The Bertz CT molecular complexity index is 519. The molecule has 1 aliphatic carbocycles. The number of hydrogen-bond acceptors (Lipinski definition) is 2. The molecule has 2 nitrogen and oxygen atoms in total. The zero-order valence-electron chi connectivity index (χ0n) is 13.1. The van der Waals surface area contributed by atoms with E-state index in [0.29, 0.717) is 0 Å². The zero-order chi connectivity index (χ0) is 15.3. The van der Waals surface area contributed by atoms with Gasteiger partial charge in [0, 0.05) is 19.6 Å². The topological polar surface area (TPSA) is 23.5 Å². The van der Waals surface area contributed by atoms with Crippen LogP contribution in [0.3, 0.4) is 0 Å². The van der Waals surface area contributed by atoms with Crippen molar-refractivity contribution in [3.8, 4) is 0 Å². The van der Waals surface area contributed by atoms with E-state index in [-0.39, 0.29) is 0 Å². The van der Waals surface area contributed by atoms with E-state index in [1.165, 1.54) is 11.1 Å². The summed E-state index contributed by atoms with van der Waals surface area (Å²) in [7, 11) is 0. The highest BCUT2D eigenvalue weighted by molar-refractivity contribution is 5.17. The predicted molar refractivity (Wildman–Crippen MR) is 90.4 cm³/mol. The molecule has 0 heterocycles. The van der Waals surface area contributed by atoms with E-state index >= 15 is 0 Å². The molecule has 0 saturated heterocycles. The Kier molecular flexibility index (Phi) is 4.91. The van der Waals surface area contributed by atoms with Crippen LogP contribution in [0.25, 0.3) is 0 Å². The molecule has 3 rings (SSSR count). The van der Waals surface area contributed by atoms with Crippen molar-refractivity contribution in [1.29, 1.82) is 0 Å². The van der Waals surface area contributed by atoms with Gasteiger partial charge in [-0.1, -0.05) is 73.5 Å². The molecule has 0 aliphatic heterocycles.